The Labute approximate surface area is 120 Å². The number of benzene rings is 1. The van der Waals surface area contributed by atoms with Gasteiger partial charge in [0.15, 0.2) is 0 Å². The highest BCUT2D eigenvalue weighted by Crippen LogP contribution is 2.32. The van der Waals surface area contributed by atoms with E-state index in [1.807, 2.05) is 0 Å². The van der Waals surface area contributed by atoms with Gasteiger partial charge in [0, 0.05) is 12.0 Å². The molecule has 3 nitrogen and oxygen atoms in total. The van der Waals surface area contributed by atoms with Crippen LogP contribution in [0.15, 0.2) is 18.2 Å². The molecule has 1 atom stereocenters. The molecule has 106 valence electrons. The fourth-order valence-electron chi connectivity index (χ4n) is 3.80. The molecule has 2 aliphatic rings. The molecule has 3 heteroatoms. The van der Waals surface area contributed by atoms with Crippen LogP contribution in [0.2, 0.25) is 0 Å². The minimum atomic E-state index is 0.542. The van der Waals surface area contributed by atoms with Crippen LogP contribution < -0.4 is 5.32 Å². The Kier molecular flexibility index (Phi) is 3.23. The average molecular weight is 269 g/mol. The number of aromatic amines is 1. The number of hydrogen-bond acceptors (Lipinski definition) is 2. The van der Waals surface area contributed by atoms with Crippen LogP contribution in [0.4, 0.5) is 0 Å². The molecule has 0 radical (unpaired) electrons. The molecule has 1 saturated carbocycles. The van der Waals surface area contributed by atoms with Gasteiger partial charge in [-0.05, 0) is 49.9 Å². The molecule has 1 saturated heterocycles. The predicted molar refractivity (Wildman–Crippen MR) is 81.9 cm³/mol. The van der Waals surface area contributed by atoms with Gasteiger partial charge >= 0.3 is 0 Å². The lowest BCUT2D eigenvalue weighted by molar-refractivity contribution is 0.431. The van der Waals surface area contributed by atoms with Gasteiger partial charge in [0.05, 0.1) is 11.0 Å². The summed E-state index contributed by atoms with van der Waals surface area (Å²) in [5.74, 6) is 1.88. The summed E-state index contributed by atoms with van der Waals surface area (Å²) in [6.07, 6.45) is 9.27. The molecule has 0 spiro atoms. The first-order valence-corrected chi connectivity index (χ1v) is 8.13. The van der Waals surface area contributed by atoms with Crippen LogP contribution >= 0.6 is 0 Å². The molecule has 1 aromatic heterocycles. The second-order valence-corrected chi connectivity index (χ2v) is 6.38. The van der Waals surface area contributed by atoms with Gasteiger partial charge in [0.2, 0.25) is 0 Å². The second-order valence-electron chi connectivity index (χ2n) is 6.38. The van der Waals surface area contributed by atoms with Gasteiger partial charge < -0.3 is 10.3 Å². The van der Waals surface area contributed by atoms with Gasteiger partial charge in [-0.2, -0.15) is 0 Å². The Morgan fingerprint density at radius 1 is 1.00 bits per heavy atom. The van der Waals surface area contributed by atoms with Gasteiger partial charge in [-0.3, -0.25) is 0 Å². The maximum Gasteiger partial charge on any atom is 0.110 e. The summed E-state index contributed by atoms with van der Waals surface area (Å²) in [5.41, 5.74) is 3.76. The van der Waals surface area contributed by atoms with Crippen molar-refractivity contribution in [2.75, 3.05) is 6.54 Å². The van der Waals surface area contributed by atoms with E-state index in [-0.39, 0.29) is 0 Å². The maximum atomic E-state index is 4.83. The fourth-order valence-corrected chi connectivity index (χ4v) is 3.80. The number of nitrogens with one attached hydrogen (secondary N) is 2. The number of nitrogens with zero attached hydrogens (tertiary/aromatic N) is 1. The van der Waals surface area contributed by atoms with E-state index in [0.717, 1.165) is 12.1 Å². The third kappa shape index (κ3) is 2.24. The van der Waals surface area contributed by atoms with Crippen LogP contribution in [0.1, 0.15) is 68.3 Å². The summed E-state index contributed by atoms with van der Waals surface area (Å²) in [6, 6.07) is 7.28. The quantitative estimate of drug-likeness (QED) is 0.864. The first-order valence-electron chi connectivity index (χ1n) is 8.13. The molecule has 1 aromatic carbocycles. The lowest BCUT2D eigenvalue weighted by atomic mass is 9.89. The predicted octanol–water partition coefficient (Wildman–Crippen LogP) is 4.04. The summed E-state index contributed by atoms with van der Waals surface area (Å²) in [4.78, 5) is 8.42. The number of aromatic nitrogens is 2. The molecular weight excluding hydrogens is 246 g/mol. The Morgan fingerprint density at radius 3 is 2.70 bits per heavy atom. The minimum Gasteiger partial charge on any atom is -0.342 e. The van der Waals surface area contributed by atoms with E-state index < -0.39 is 0 Å². The number of fused-ring (bicyclic) bond motifs is 1. The van der Waals surface area contributed by atoms with Crippen molar-refractivity contribution in [3.05, 3.63) is 29.6 Å². The van der Waals surface area contributed by atoms with E-state index in [2.05, 4.69) is 28.5 Å². The monoisotopic (exact) mass is 269 g/mol. The molecule has 2 fully saturated rings. The van der Waals surface area contributed by atoms with Crippen LogP contribution in [0.3, 0.4) is 0 Å². The maximum absolute atomic E-state index is 4.83. The van der Waals surface area contributed by atoms with Crippen LogP contribution in [-0.4, -0.2) is 16.5 Å². The number of imidazole rings is 1. The molecule has 0 amide bonds. The van der Waals surface area contributed by atoms with Crippen molar-refractivity contribution in [2.45, 2.75) is 56.9 Å². The molecule has 1 unspecified atom stereocenters. The Bertz CT molecular complexity index is 589. The second kappa shape index (κ2) is 5.21. The molecule has 1 aliphatic heterocycles. The van der Waals surface area contributed by atoms with Crippen LogP contribution in [0, 0.1) is 0 Å². The van der Waals surface area contributed by atoms with Crippen molar-refractivity contribution in [1.29, 1.82) is 0 Å². The molecule has 4 rings (SSSR count). The van der Waals surface area contributed by atoms with Crippen molar-refractivity contribution in [1.82, 2.24) is 15.3 Å². The van der Waals surface area contributed by atoms with E-state index in [1.54, 1.807) is 0 Å². The molecule has 1 aliphatic carbocycles. The Balaban J connectivity index is 1.64. The zero-order chi connectivity index (χ0) is 13.4. The molecule has 2 aromatic rings. The van der Waals surface area contributed by atoms with Crippen molar-refractivity contribution >= 4 is 11.0 Å². The SMILES string of the molecule is c1cc2nc(C3CCCCC3)[nH]c2cc1C1CCCN1. The van der Waals surface area contributed by atoms with Crippen molar-refractivity contribution in [3.8, 4) is 0 Å². The van der Waals surface area contributed by atoms with Crippen molar-refractivity contribution < 1.29 is 0 Å². The normalized spacial score (nSPS) is 24.5. The number of H-pyrrole nitrogens is 1. The van der Waals surface area contributed by atoms with Crippen LogP contribution in [-0.2, 0) is 0 Å². The largest absolute Gasteiger partial charge is 0.342 e. The zero-order valence-corrected chi connectivity index (χ0v) is 12.0. The lowest BCUT2D eigenvalue weighted by Gasteiger charge is -2.18. The summed E-state index contributed by atoms with van der Waals surface area (Å²) in [6.45, 7) is 1.15. The third-order valence-corrected chi connectivity index (χ3v) is 4.98. The van der Waals surface area contributed by atoms with E-state index in [1.165, 1.54) is 61.9 Å². The van der Waals surface area contributed by atoms with Gasteiger partial charge in [-0.1, -0.05) is 25.3 Å². The molecule has 20 heavy (non-hydrogen) atoms. The summed E-state index contributed by atoms with van der Waals surface area (Å²) < 4.78 is 0. The summed E-state index contributed by atoms with van der Waals surface area (Å²) in [7, 11) is 0. The smallest absolute Gasteiger partial charge is 0.110 e. The first-order chi connectivity index (χ1) is 9.90. The first kappa shape index (κ1) is 12.4. The van der Waals surface area contributed by atoms with E-state index in [0.29, 0.717) is 12.0 Å². The van der Waals surface area contributed by atoms with E-state index >= 15 is 0 Å². The van der Waals surface area contributed by atoms with Crippen molar-refractivity contribution in [3.63, 3.8) is 0 Å². The standard InChI is InChI=1S/C17H23N3/c1-2-5-12(6-3-1)17-19-15-9-8-13(11-16(15)20-17)14-7-4-10-18-14/h8-9,11-12,14,18H,1-7,10H2,(H,19,20). The zero-order valence-electron chi connectivity index (χ0n) is 12.0. The van der Waals surface area contributed by atoms with E-state index in [4.69, 9.17) is 4.98 Å². The Hall–Kier alpha value is -1.35. The van der Waals surface area contributed by atoms with Gasteiger partial charge in [-0.15, -0.1) is 0 Å². The molecular formula is C17H23N3. The number of hydrogen-bond donors (Lipinski definition) is 2. The topological polar surface area (TPSA) is 40.7 Å². The van der Waals surface area contributed by atoms with E-state index in [9.17, 15) is 0 Å². The number of rotatable bonds is 2. The van der Waals surface area contributed by atoms with Crippen LogP contribution in [0.25, 0.3) is 11.0 Å². The van der Waals surface area contributed by atoms with Gasteiger partial charge in [0.1, 0.15) is 5.82 Å². The lowest BCUT2D eigenvalue weighted by Crippen LogP contribution is -2.12. The highest BCUT2D eigenvalue weighted by molar-refractivity contribution is 5.76. The van der Waals surface area contributed by atoms with Gasteiger partial charge in [-0.25, -0.2) is 4.98 Å². The molecule has 0 bridgehead atoms. The summed E-state index contributed by atoms with van der Waals surface area (Å²) in [5, 5.41) is 3.57. The molecule has 2 heterocycles. The highest BCUT2D eigenvalue weighted by atomic mass is 14.9. The van der Waals surface area contributed by atoms with Crippen LogP contribution in [0.5, 0.6) is 0 Å². The summed E-state index contributed by atoms with van der Waals surface area (Å²) >= 11 is 0. The highest BCUT2D eigenvalue weighted by Gasteiger charge is 2.20. The van der Waals surface area contributed by atoms with Gasteiger partial charge in [0.25, 0.3) is 0 Å². The molecule has 2 N–H and O–H groups in total. The third-order valence-electron chi connectivity index (χ3n) is 4.98. The Morgan fingerprint density at radius 2 is 1.90 bits per heavy atom. The minimum absolute atomic E-state index is 0.542. The fraction of sp³-hybridized carbons (Fsp3) is 0.588. The average Bonchev–Trinajstić information content (AvgIpc) is 3.16. The van der Waals surface area contributed by atoms with Crippen molar-refractivity contribution in [2.24, 2.45) is 0 Å².